The van der Waals surface area contributed by atoms with Crippen molar-refractivity contribution in [2.24, 2.45) is 5.92 Å². The average Bonchev–Trinajstić information content (AvgIpc) is 2.58. The van der Waals surface area contributed by atoms with Crippen molar-refractivity contribution in [1.82, 2.24) is 14.5 Å². The molecule has 2 rings (SSSR count). The molecule has 0 amide bonds. The summed E-state index contributed by atoms with van der Waals surface area (Å²) >= 11 is 0. The second-order valence-corrected chi connectivity index (χ2v) is 6.53. The number of nitrogen functional groups attached to an aromatic ring is 1. The molecule has 0 aromatic carbocycles. The van der Waals surface area contributed by atoms with E-state index in [9.17, 15) is 8.42 Å². The largest absolute Gasteiger partial charge is 0.381 e. The van der Waals surface area contributed by atoms with Crippen LogP contribution in [0.3, 0.4) is 0 Å². The third kappa shape index (κ3) is 2.84. The van der Waals surface area contributed by atoms with E-state index in [1.807, 2.05) is 6.92 Å². The number of aryl methyl sites for hydroxylation is 1. The summed E-state index contributed by atoms with van der Waals surface area (Å²) in [6, 6.07) is 0. The third-order valence-electron chi connectivity index (χ3n) is 3.28. The summed E-state index contributed by atoms with van der Waals surface area (Å²) in [5.41, 5.74) is 5.66. The fourth-order valence-corrected chi connectivity index (χ4v) is 3.16. The fourth-order valence-electron chi connectivity index (χ4n) is 1.97. The average molecular weight is 272 g/mol. The van der Waals surface area contributed by atoms with Gasteiger partial charge in [0.25, 0.3) is 0 Å². The highest BCUT2D eigenvalue weighted by atomic mass is 32.2. The van der Waals surface area contributed by atoms with E-state index in [1.165, 1.54) is 12.6 Å². The van der Waals surface area contributed by atoms with Crippen molar-refractivity contribution in [2.45, 2.75) is 44.0 Å². The molecule has 1 heterocycles. The molecule has 0 saturated heterocycles. The van der Waals surface area contributed by atoms with Crippen LogP contribution in [0.4, 0.5) is 5.82 Å². The number of nitrogens with one attached hydrogen (secondary N) is 1. The number of rotatable bonds is 6. The summed E-state index contributed by atoms with van der Waals surface area (Å²) in [4.78, 5) is 0.0928. The van der Waals surface area contributed by atoms with Crippen LogP contribution in [0, 0.1) is 5.92 Å². The molecule has 1 fully saturated rings. The van der Waals surface area contributed by atoms with Crippen molar-refractivity contribution in [1.29, 1.82) is 0 Å². The lowest BCUT2D eigenvalue weighted by molar-refractivity contribution is 0.316. The molecule has 0 bridgehead atoms. The number of sulfonamides is 1. The highest BCUT2D eigenvalue weighted by Crippen LogP contribution is 2.26. The Balaban J connectivity index is 2.07. The van der Waals surface area contributed by atoms with Gasteiger partial charge in [-0.2, -0.15) is 5.10 Å². The summed E-state index contributed by atoms with van der Waals surface area (Å²) in [7, 11) is -3.52. The molecule has 3 N–H and O–H groups in total. The highest BCUT2D eigenvalue weighted by Gasteiger charge is 2.24. The van der Waals surface area contributed by atoms with Crippen LogP contribution in [0.5, 0.6) is 0 Å². The standard InChI is InChI=1S/C11H20N4O2S/c1-2-6-15-8-10(11(12)14-15)18(16,17)13-7-9-4-3-5-9/h8-9,13H,2-7H2,1H3,(H2,12,14). The predicted octanol–water partition coefficient (Wildman–Crippen LogP) is 0.954. The van der Waals surface area contributed by atoms with Gasteiger partial charge < -0.3 is 5.73 Å². The molecule has 1 aromatic heterocycles. The molecule has 102 valence electrons. The summed E-state index contributed by atoms with van der Waals surface area (Å²) < 4.78 is 28.3. The van der Waals surface area contributed by atoms with Gasteiger partial charge in [-0.1, -0.05) is 13.3 Å². The molecular formula is C11H20N4O2S. The predicted molar refractivity (Wildman–Crippen MR) is 69.5 cm³/mol. The van der Waals surface area contributed by atoms with Crippen molar-refractivity contribution < 1.29 is 8.42 Å². The lowest BCUT2D eigenvalue weighted by atomic mass is 9.86. The zero-order valence-electron chi connectivity index (χ0n) is 10.6. The molecule has 1 saturated carbocycles. The maximum Gasteiger partial charge on any atom is 0.245 e. The summed E-state index contributed by atoms with van der Waals surface area (Å²) in [5.74, 6) is 0.552. The quantitative estimate of drug-likeness (QED) is 0.807. The Morgan fingerprint density at radius 2 is 2.28 bits per heavy atom. The molecule has 6 nitrogen and oxygen atoms in total. The van der Waals surface area contributed by atoms with Gasteiger partial charge in [0.1, 0.15) is 4.90 Å². The van der Waals surface area contributed by atoms with Crippen molar-refractivity contribution in [2.75, 3.05) is 12.3 Å². The Hall–Kier alpha value is -1.08. The molecule has 0 radical (unpaired) electrons. The van der Waals surface area contributed by atoms with Crippen LogP contribution in [0.1, 0.15) is 32.6 Å². The minimum atomic E-state index is -3.52. The Kier molecular flexibility index (Phi) is 3.91. The minimum Gasteiger partial charge on any atom is -0.381 e. The highest BCUT2D eigenvalue weighted by molar-refractivity contribution is 7.89. The van der Waals surface area contributed by atoms with Gasteiger partial charge in [-0.3, -0.25) is 4.68 Å². The van der Waals surface area contributed by atoms with E-state index in [0.29, 0.717) is 19.0 Å². The van der Waals surface area contributed by atoms with E-state index in [4.69, 9.17) is 5.73 Å². The van der Waals surface area contributed by atoms with Gasteiger partial charge in [-0.15, -0.1) is 0 Å². The topological polar surface area (TPSA) is 90.0 Å². The molecule has 1 aliphatic rings. The molecule has 0 atom stereocenters. The van der Waals surface area contributed by atoms with Gasteiger partial charge in [0.15, 0.2) is 5.82 Å². The van der Waals surface area contributed by atoms with Gasteiger partial charge in [-0.25, -0.2) is 13.1 Å². The SMILES string of the molecule is CCCn1cc(S(=O)(=O)NCC2CCC2)c(N)n1. The first-order valence-corrected chi connectivity index (χ1v) is 7.84. The van der Waals surface area contributed by atoms with Gasteiger partial charge >= 0.3 is 0 Å². The fraction of sp³-hybridized carbons (Fsp3) is 0.727. The molecule has 0 aliphatic heterocycles. The first kappa shape index (κ1) is 13.4. The van der Waals surface area contributed by atoms with Crippen LogP contribution in [0.25, 0.3) is 0 Å². The normalized spacial score (nSPS) is 16.7. The second kappa shape index (κ2) is 5.27. The van der Waals surface area contributed by atoms with E-state index in [2.05, 4.69) is 9.82 Å². The first-order chi connectivity index (χ1) is 8.53. The van der Waals surface area contributed by atoms with Crippen molar-refractivity contribution in [3.63, 3.8) is 0 Å². The molecule has 0 unspecified atom stereocenters. The minimum absolute atomic E-state index is 0.0737. The van der Waals surface area contributed by atoms with Crippen LogP contribution in [0.2, 0.25) is 0 Å². The lowest BCUT2D eigenvalue weighted by Crippen LogP contribution is -2.32. The Morgan fingerprint density at radius 3 is 2.83 bits per heavy atom. The molecule has 18 heavy (non-hydrogen) atoms. The monoisotopic (exact) mass is 272 g/mol. The smallest absolute Gasteiger partial charge is 0.245 e. The molecule has 1 aliphatic carbocycles. The zero-order valence-corrected chi connectivity index (χ0v) is 11.4. The molecular weight excluding hydrogens is 252 g/mol. The summed E-state index contributed by atoms with van der Waals surface area (Å²) in [6.07, 6.45) is 5.79. The van der Waals surface area contributed by atoms with Crippen molar-refractivity contribution >= 4 is 15.8 Å². The lowest BCUT2D eigenvalue weighted by Gasteiger charge is -2.25. The Bertz CT molecular complexity index is 505. The van der Waals surface area contributed by atoms with E-state index in [0.717, 1.165) is 19.3 Å². The Morgan fingerprint density at radius 1 is 1.56 bits per heavy atom. The summed E-state index contributed by atoms with van der Waals surface area (Å²) in [5, 5.41) is 4.00. The van der Waals surface area contributed by atoms with Crippen LogP contribution < -0.4 is 10.5 Å². The number of hydrogen-bond donors (Lipinski definition) is 2. The zero-order chi connectivity index (χ0) is 13.2. The van der Waals surface area contributed by atoms with E-state index >= 15 is 0 Å². The third-order valence-corrected chi connectivity index (χ3v) is 4.72. The molecule has 1 aromatic rings. The number of anilines is 1. The van der Waals surface area contributed by atoms with Crippen LogP contribution in [-0.4, -0.2) is 24.7 Å². The van der Waals surface area contributed by atoms with Crippen molar-refractivity contribution in [3.8, 4) is 0 Å². The summed E-state index contributed by atoms with van der Waals surface area (Å²) in [6.45, 7) is 3.17. The van der Waals surface area contributed by atoms with Gasteiger partial charge in [0.05, 0.1) is 0 Å². The molecule has 0 spiro atoms. The van der Waals surface area contributed by atoms with Gasteiger partial charge in [-0.05, 0) is 25.2 Å². The van der Waals surface area contributed by atoms with E-state index in [1.54, 1.807) is 4.68 Å². The molecule has 7 heteroatoms. The number of aromatic nitrogens is 2. The Labute approximate surface area is 108 Å². The maximum absolute atomic E-state index is 12.1. The van der Waals surface area contributed by atoms with Crippen molar-refractivity contribution in [3.05, 3.63) is 6.20 Å². The number of nitrogens with two attached hydrogens (primary N) is 1. The maximum atomic E-state index is 12.1. The van der Waals surface area contributed by atoms with Gasteiger partial charge in [0.2, 0.25) is 10.0 Å². The first-order valence-electron chi connectivity index (χ1n) is 6.35. The second-order valence-electron chi connectivity index (χ2n) is 4.79. The number of hydrogen-bond acceptors (Lipinski definition) is 4. The van der Waals surface area contributed by atoms with Gasteiger partial charge in [0, 0.05) is 19.3 Å². The number of nitrogens with zero attached hydrogens (tertiary/aromatic N) is 2. The van der Waals surface area contributed by atoms with E-state index in [-0.39, 0.29) is 10.7 Å². The van der Waals surface area contributed by atoms with E-state index < -0.39 is 10.0 Å². The van der Waals surface area contributed by atoms with Crippen LogP contribution in [0.15, 0.2) is 11.1 Å². The van der Waals surface area contributed by atoms with Crippen LogP contribution >= 0.6 is 0 Å². The van der Waals surface area contributed by atoms with Crippen LogP contribution in [-0.2, 0) is 16.6 Å².